The molecule has 0 spiro atoms. The van der Waals surface area contributed by atoms with Gasteiger partial charge in [0.2, 0.25) is 0 Å². The SMILES string of the molecule is CCOc1c(C#N)c(N2CCN(c3ccccc3)CC2)nc2c1C(=O)CC(C)(C)C2. The molecular weight excluding hydrogens is 376 g/mol. The van der Waals surface area contributed by atoms with Crippen molar-refractivity contribution in [3.05, 3.63) is 47.2 Å². The van der Waals surface area contributed by atoms with Crippen molar-refractivity contribution in [3.8, 4) is 11.8 Å². The molecule has 6 heteroatoms. The first-order chi connectivity index (χ1) is 14.4. The number of nitrogens with zero attached hydrogens (tertiary/aromatic N) is 4. The maximum absolute atomic E-state index is 12.9. The first-order valence-electron chi connectivity index (χ1n) is 10.6. The lowest BCUT2D eigenvalue weighted by atomic mass is 9.75. The topological polar surface area (TPSA) is 69.5 Å². The first-order valence-corrected chi connectivity index (χ1v) is 10.6. The van der Waals surface area contributed by atoms with Crippen LogP contribution in [0.15, 0.2) is 30.3 Å². The van der Waals surface area contributed by atoms with Gasteiger partial charge in [0.1, 0.15) is 11.6 Å². The highest BCUT2D eigenvalue weighted by atomic mass is 16.5. The molecule has 0 radical (unpaired) electrons. The van der Waals surface area contributed by atoms with Gasteiger partial charge in [-0.05, 0) is 30.9 Å². The van der Waals surface area contributed by atoms with E-state index in [4.69, 9.17) is 9.72 Å². The van der Waals surface area contributed by atoms with Crippen molar-refractivity contribution in [1.29, 1.82) is 5.26 Å². The van der Waals surface area contributed by atoms with Crippen LogP contribution in [0.2, 0.25) is 0 Å². The molecule has 2 aromatic rings. The molecule has 0 unspecified atom stereocenters. The third kappa shape index (κ3) is 3.72. The normalized spacial score (nSPS) is 18.0. The van der Waals surface area contributed by atoms with E-state index in [0.717, 1.165) is 31.9 Å². The molecule has 0 N–H and O–H groups in total. The zero-order valence-corrected chi connectivity index (χ0v) is 17.9. The fourth-order valence-electron chi connectivity index (χ4n) is 4.49. The highest BCUT2D eigenvalue weighted by Gasteiger charge is 2.37. The van der Waals surface area contributed by atoms with Gasteiger partial charge in [0.15, 0.2) is 17.4 Å². The summed E-state index contributed by atoms with van der Waals surface area (Å²) in [5.74, 6) is 1.10. The van der Waals surface area contributed by atoms with Crippen molar-refractivity contribution >= 4 is 17.3 Å². The van der Waals surface area contributed by atoms with E-state index >= 15 is 0 Å². The molecule has 1 aromatic heterocycles. The number of para-hydroxylation sites is 1. The Hall–Kier alpha value is -3.07. The highest BCUT2D eigenvalue weighted by Crippen LogP contribution is 2.42. The number of hydrogen-bond acceptors (Lipinski definition) is 6. The number of piperazine rings is 1. The Kier molecular flexibility index (Phi) is 5.38. The molecule has 4 rings (SSSR count). The average Bonchev–Trinajstić information content (AvgIpc) is 2.73. The molecule has 1 aliphatic carbocycles. The van der Waals surface area contributed by atoms with Gasteiger partial charge in [-0.25, -0.2) is 4.98 Å². The predicted octanol–water partition coefficient (Wildman–Crippen LogP) is 3.83. The van der Waals surface area contributed by atoms with Crippen LogP contribution in [0.1, 0.15) is 48.8 Å². The number of Topliss-reactive ketones (excluding diaryl/α,β-unsaturated/α-hetero) is 1. The minimum atomic E-state index is -0.141. The zero-order chi connectivity index (χ0) is 21.3. The fraction of sp³-hybridized carbons (Fsp3) is 0.458. The van der Waals surface area contributed by atoms with Crippen LogP contribution in [0.3, 0.4) is 0 Å². The third-order valence-corrected chi connectivity index (χ3v) is 5.87. The van der Waals surface area contributed by atoms with Gasteiger partial charge in [0, 0.05) is 38.3 Å². The number of fused-ring (bicyclic) bond motifs is 1. The van der Waals surface area contributed by atoms with Gasteiger partial charge in [-0.2, -0.15) is 5.26 Å². The summed E-state index contributed by atoms with van der Waals surface area (Å²) in [6.07, 6.45) is 1.15. The number of benzene rings is 1. The molecule has 6 nitrogen and oxygen atoms in total. The Bertz CT molecular complexity index is 987. The molecule has 156 valence electrons. The summed E-state index contributed by atoms with van der Waals surface area (Å²) in [7, 11) is 0. The summed E-state index contributed by atoms with van der Waals surface area (Å²) >= 11 is 0. The van der Waals surface area contributed by atoms with E-state index in [-0.39, 0.29) is 11.2 Å². The van der Waals surface area contributed by atoms with E-state index < -0.39 is 0 Å². The number of hydrogen-bond donors (Lipinski definition) is 0. The van der Waals surface area contributed by atoms with Crippen molar-refractivity contribution in [2.24, 2.45) is 5.41 Å². The average molecular weight is 405 g/mol. The number of carbonyl (C=O) groups excluding carboxylic acids is 1. The monoisotopic (exact) mass is 404 g/mol. The molecule has 2 heterocycles. The summed E-state index contributed by atoms with van der Waals surface area (Å²) in [5.41, 5.74) is 2.73. The van der Waals surface area contributed by atoms with Gasteiger partial charge >= 0.3 is 0 Å². The Labute approximate surface area is 178 Å². The Morgan fingerprint density at radius 3 is 2.40 bits per heavy atom. The molecule has 0 atom stereocenters. The summed E-state index contributed by atoms with van der Waals surface area (Å²) < 4.78 is 5.87. The van der Waals surface area contributed by atoms with Crippen LogP contribution < -0.4 is 14.5 Å². The van der Waals surface area contributed by atoms with Gasteiger partial charge in [0.25, 0.3) is 0 Å². The Morgan fingerprint density at radius 2 is 1.77 bits per heavy atom. The zero-order valence-electron chi connectivity index (χ0n) is 17.9. The van der Waals surface area contributed by atoms with Gasteiger partial charge in [-0.1, -0.05) is 32.0 Å². The molecule has 30 heavy (non-hydrogen) atoms. The van der Waals surface area contributed by atoms with Crippen molar-refractivity contribution in [2.45, 2.75) is 33.6 Å². The number of anilines is 2. The lowest BCUT2D eigenvalue weighted by molar-refractivity contribution is 0.0905. The number of rotatable bonds is 4. The number of ketones is 1. The van der Waals surface area contributed by atoms with Crippen molar-refractivity contribution in [1.82, 2.24) is 4.98 Å². The van der Waals surface area contributed by atoms with E-state index in [9.17, 15) is 10.1 Å². The number of ether oxygens (including phenoxy) is 1. The lowest BCUT2D eigenvalue weighted by Gasteiger charge is -2.38. The molecule has 0 amide bonds. The minimum Gasteiger partial charge on any atom is -0.492 e. The summed E-state index contributed by atoms with van der Waals surface area (Å²) in [4.78, 5) is 22.3. The van der Waals surface area contributed by atoms with Crippen molar-refractivity contribution < 1.29 is 9.53 Å². The second-order valence-electron chi connectivity index (χ2n) is 8.76. The van der Waals surface area contributed by atoms with E-state index in [1.807, 2.05) is 25.1 Å². The second-order valence-corrected chi connectivity index (χ2v) is 8.76. The lowest BCUT2D eigenvalue weighted by Crippen LogP contribution is -2.47. The highest BCUT2D eigenvalue weighted by molar-refractivity contribution is 6.02. The van der Waals surface area contributed by atoms with Crippen LogP contribution >= 0.6 is 0 Å². The first kappa shape index (κ1) is 20.2. The minimum absolute atomic E-state index is 0.0224. The van der Waals surface area contributed by atoms with E-state index in [1.165, 1.54) is 5.69 Å². The molecule has 2 aliphatic rings. The Morgan fingerprint density at radius 1 is 1.10 bits per heavy atom. The summed E-state index contributed by atoms with van der Waals surface area (Å²) in [6.45, 7) is 9.69. The summed E-state index contributed by atoms with van der Waals surface area (Å²) in [5, 5.41) is 9.96. The van der Waals surface area contributed by atoms with E-state index in [1.54, 1.807) is 0 Å². The van der Waals surface area contributed by atoms with Crippen LogP contribution in [0.5, 0.6) is 5.75 Å². The maximum Gasteiger partial charge on any atom is 0.169 e. The van der Waals surface area contributed by atoms with E-state index in [0.29, 0.717) is 42.1 Å². The smallest absolute Gasteiger partial charge is 0.169 e. The molecular formula is C24H28N4O2. The van der Waals surface area contributed by atoms with Crippen LogP contribution in [0.4, 0.5) is 11.5 Å². The number of carbonyl (C=O) groups is 1. The molecule has 0 bridgehead atoms. The van der Waals surface area contributed by atoms with E-state index in [2.05, 4.69) is 41.8 Å². The molecule has 1 aromatic carbocycles. The predicted molar refractivity (Wildman–Crippen MR) is 117 cm³/mol. The van der Waals surface area contributed by atoms with Crippen LogP contribution in [0.25, 0.3) is 0 Å². The Balaban J connectivity index is 1.69. The van der Waals surface area contributed by atoms with Gasteiger partial charge in [-0.3, -0.25) is 4.79 Å². The van der Waals surface area contributed by atoms with Crippen LogP contribution in [-0.4, -0.2) is 43.6 Å². The number of pyridine rings is 1. The summed E-state index contributed by atoms with van der Waals surface area (Å²) in [6, 6.07) is 12.6. The molecule has 1 saturated heterocycles. The quantitative estimate of drug-likeness (QED) is 0.771. The van der Waals surface area contributed by atoms with Crippen LogP contribution in [0, 0.1) is 16.7 Å². The third-order valence-electron chi connectivity index (χ3n) is 5.87. The van der Waals surface area contributed by atoms with Gasteiger partial charge < -0.3 is 14.5 Å². The number of nitriles is 1. The standard InChI is InChI=1S/C24H28N4O2/c1-4-30-22-18(16-25)23(26-19-14-24(2,3)15-20(29)21(19)22)28-12-10-27(11-13-28)17-8-6-5-7-9-17/h5-9H,4,10-15H2,1-3H3. The van der Waals surface area contributed by atoms with Crippen LogP contribution in [-0.2, 0) is 6.42 Å². The fourth-order valence-corrected chi connectivity index (χ4v) is 4.49. The van der Waals surface area contributed by atoms with Gasteiger partial charge in [-0.15, -0.1) is 0 Å². The second kappa shape index (κ2) is 7.98. The molecule has 1 fully saturated rings. The largest absolute Gasteiger partial charge is 0.492 e. The maximum atomic E-state index is 12.9. The number of aromatic nitrogens is 1. The van der Waals surface area contributed by atoms with Gasteiger partial charge in [0.05, 0.1) is 17.9 Å². The molecule has 1 aliphatic heterocycles. The van der Waals surface area contributed by atoms with Crippen molar-refractivity contribution in [2.75, 3.05) is 42.6 Å². The molecule has 0 saturated carbocycles. The van der Waals surface area contributed by atoms with Crippen molar-refractivity contribution in [3.63, 3.8) is 0 Å².